The fraction of sp³-hybridized carbons (Fsp3) is 0.647. The molecule has 0 spiro atoms. The minimum Gasteiger partial charge on any atom is -0.496 e. The maximum Gasteiger partial charge on any atom is 0.122 e. The number of ether oxygens (including phenoxy) is 1. The third-order valence-electron chi connectivity index (χ3n) is 4.31. The second kappa shape index (κ2) is 6.95. The van der Waals surface area contributed by atoms with Gasteiger partial charge in [-0.05, 0) is 68.8 Å². The molecule has 1 saturated carbocycles. The summed E-state index contributed by atoms with van der Waals surface area (Å²) in [7, 11) is 1.77. The molecular weight excluding hydrogens is 234 g/mol. The maximum absolute atomic E-state index is 5.49. The van der Waals surface area contributed by atoms with Crippen molar-refractivity contribution in [2.45, 2.75) is 58.4 Å². The van der Waals surface area contributed by atoms with E-state index in [-0.39, 0.29) is 0 Å². The van der Waals surface area contributed by atoms with Gasteiger partial charge in [0.1, 0.15) is 5.75 Å². The van der Waals surface area contributed by atoms with Gasteiger partial charge in [0, 0.05) is 6.04 Å². The average molecular weight is 261 g/mol. The molecule has 0 unspecified atom stereocenters. The molecule has 1 N–H and O–H groups in total. The van der Waals surface area contributed by atoms with Crippen LogP contribution in [0.5, 0.6) is 5.75 Å². The Morgan fingerprint density at radius 1 is 1.16 bits per heavy atom. The first-order chi connectivity index (χ1) is 9.20. The normalized spacial score (nSPS) is 15.9. The van der Waals surface area contributed by atoms with Gasteiger partial charge in [0.2, 0.25) is 0 Å². The van der Waals surface area contributed by atoms with Gasteiger partial charge in [0.05, 0.1) is 7.11 Å². The van der Waals surface area contributed by atoms with Gasteiger partial charge in [-0.25, -0.2) is 0 Å². The molecule has 19 heavy (non-hydrogen) atoms. The number of methoxy groups -OCH3 is 1. The van der Waals surface area contributed by atoms with Crippen LogP contribution in [0.25, 0.3) is 0 Å². The summed E-state index contributed by atoms with van der Waals surface area (Å²) in [5, 5.41) is 3.67. The molecule has 0 bridgehead atoms. The Bertz CT molecular complexity index is 408. The van der Waals surface area contributed by atoms with E-state index >= 15 is 0 Å². The Balaban J connectivity index is 1.82. The Hall–Kier alpha value is -1.02. The summed E-state index contributed by atoms with van der Waals surface area (Å²) in [4.78, 5) is 0. The van der Waals surface area contributed by atoms with Crippen LogP contribution in [0.15, 0.2) is 12.1 Å². The van der Waals surface area contributed by atoms with E-state index in [2.05, 4.69) is 31.3 Å². The van der Waals surface area contributed by atoms with Crippen molar-refractivity contribution in [2.75, 3.05) is 13.7 Å². The minimum atomic E-state index is 0.779. The second-order valence-electron chi connectivity index (χ2n) is 5.79. The molecule has 1 aliphatic carbocycles. The van der Waals surface area contributed by atoms with Crippen molar-refractivity contribution in [3.63, 3.8) is 0 Å². The summed E-state index contributed by atoms with van der Waals surface area (Å²) >= 11 is 0. The van der Waals surface area contributed by atoms with Gasteiger partial charge in [0.15, 0.2) is 0 Å². The molecule has 106 valence electrons. The van der Waals surface area contributed by atoms with Crippen LogP contribution in [0.4, 0.5) is 0 Å². The smallest absolute Gasteiger partial charge is 0.122 e. The van der Waals surface area contributed by atoms with Crippen LogP contribution in [-0.2, 0) is 6.42 Å². The molecule has 2 rings (SSSR count). The number of hydrogen-bond acceptors (Lipinski definition) is 2. The lowest BCUT2D eigenvalue weighted by molar-refractivity contribution is 0.408. The predicted octanol–water partition coefficient (Wildman–Crippen LogP) is 3.78. The van der Waals surface area contributed by atoms with Gasteiger partial charge >= 0.3 is 0 Å². The zero-order chi connectivity index (χ0) is 13.7. The van der Waals surface area contributed by atoms with Gasteiger partial charge < -0.3 is 10.1 Å². The number of nitrogens with one attached hydrogen (secondary N) is 1. The quantitative estimate of drug-likeness (QED) is 0.787. The van der Waals surface area contributed by atoms with Crippen molar-refractivity contribution in [3.05, 3.63) is 28.8 Å². The van der Waals surface area contributed by atoms with Crippen molar-refractivity contribution in [3.8, 4) is 5.75 Å². The number of hydrogen-bond donors (Lipinski definition) is 1. The van der Waals surface area contributed by atoms with Gasteiger partial charge in [-0.2, -0.15) is 0 Å². The van der Waals surface area contributed by atoms with Crippen LogP contribution in [-0.4, -0.2) is 19.7 Å². The van der Waals surface area contributed by atoms with Crippen molar-refractivity contribution in [1.29, 1.82) is 0 Å². The standard InChI is InChI=1S/C17H27NO/c1-13-11-15(17(19-3)12-14(13)2)7-6-10-18-16-8-4-5-9-16/h11-12,16,18H,4-10H2,1-3H3. The van der Waals surface area contributed by atoms with E-state index < -0.39 is 0 Å². The summed E-state index contributed by atoms with van der Waals surface area (Å²) in [5.41, 5.74) is 4.02. The van der Waals surface area contributed by atoms with Crippen molar-refractivity contribution >= 4 is 0 Å². The summed E-state index contributed by atoms with van der Waals surface area (Å²) < 4.78 is 5.49. The number of benzene rings is 1. The highest BCUT2D eigenvalue weighted by molar-refractivity contribution is 5.41. The van der Waals surface area contributed by atoms with Gasteiger partial charge in [-0.3, -0.25) is 0 Å². The van der Waals surface area contributed by atoms with E-state index in [1.807, 2.05) is 0 Å². The van der Waals surface area contributed by atoms with Crippen molar-refractivity contribution in [2.24, 2.45) is 0 Å². The lowest BCUT2D eigenvalue weighted by atomic mass is 10.0. The van der Waals surface area contributed by atoms with Crippen molar-refractivity contribution in [1.82, 2.24) is 5.32 Å². The zero-order valence-corrected chi connectivity index (χ0v) is 12.6. The molecule has 0 aromatic heterocycles. The fourth-order valence-corrected chi connectivity index (χ4v) is 2.95. The highest BCUT2D eigenvalue weighted by atomic mass is 16.5. The minimum absolute atomic E-state index is 0.779. The molecule has 0 heterocycles. The molecule has 0 aliphatic heterocycles. The average Bonchev–Trinajstić information content (AvgIpc) is 2.91. The SMILES string of the molecule is COc1cc(C)c(C)cc1CCCNC1CCCC1. The lowest BCUT2D eigenvalue weighted by Crippen LogP contribution is -2.27. The molecule has 2 heteroatoms. The summed E-state index contributed by atoms with van der Waals surface area (Å²) in [5.74, 6) is 1.05. The van der Waals surface area contributed by atoms with Crippen LogP contribution in [0.1, 0.15) is 48.8 Å². The van der Waals surface area contributed by atoms with E-state index in [0.29, 0.717) is 0 Å². The third kappa shape index (κ3) is 3.97. The van der Waals surface area contributed by atoms with Gasteiger partial charge in [-0.15, -0.1) is 0 Å². The Morgan fingerprint density at radius 2 is 1.84 bits per heavy atom. The fourth-order valence-electron chi connectivity index (χ4n) is 2.95. The molecule has 1 aromatic carbocycles. The molecule has 0 radical (unpaired) electrons. The molecule has 0 atom stereocenters. The van der Waals surface area contributed by atoms with Crippen LogP contribution < -0.4 is 10.1 Å². The molecule has 0 saturated heterocycles. The number of aryl methyl sites for hydroxylation is 3. The van der Waals surface area contributed by atoms with Crippen LogP contribution in [0.3, 0.4) is 0 Å². The first-order valence-corrected chi connectivity index (χ1v) is 7.58. The van der Waals surface area contributed by atoms with E-state index in [9.17, 15) is 0 Å². The maximum atomic E-state index is 5.49. The lowest BCUT2D eigenvalue weighted by Gasteiger charge is -2.14. The first kappa shape index (κ1) is 14.4. The summed E-state index contributed by atoms with van der Waals surface area (Å²) in [6.07, 6.45) is 7.84. The van der Waals surface area contributed by atoms with Gasteiger partial charge in [0.25, 0.3) is 0 Å². The summed E-state index contributed by atoms with van der Waals surface area (Å²) in [6, 6.07) is 5.22. The second-order valence-corrected chi connectivity index (χ2v) is 5.79. The van der Waals surface area contributed by atoms with Crippen LogP contribution >= 0.6 is 0 Å². The largest absolute Gasteiger partial charge is 0.496 e. The predicted molar refractivity (Wildman–Crippen MR) is 81.0 cm³/mol. The first-order valence-electron chi connectivity index (χ1n) is 7.58. The molecule has 1 aliphatic rings. The van der Waals surface area contributed by atoms with Crippen LogP contribution in [0, 0.1) is 13.8 Å². The van der Waals surface area contributed by atoms with E-state index in [1.165, 1.54) is 48.8 Å². The summed E-state index contributed by atoms with van der Waals surface area (Å²) in [6.45, 7) is 5.44. The Morgan fingerprint density at radius 3 is 2.53 bits per heavy atom. The molecular formula is C17H27NO. The monoisotopic (exact) mass is 261 g/mol. The Labute approximate surface area is 117 Å². The highest BCUT2D eigenvalue weighted by Crippen LogP contribution is 2.24. The van der Waals surface area contributed by atoms with Crippen molar-refractivity contribution < 1.29 is 4.74 Å². The number of rotatable bonds is 6. The van der Waals surface area contributed by atoms with Gasteiger partial charge in [-0.1, -0.05) is 18.9 Å². The van der Waals surface area contributed by atoms with E-state index in [0.717, 1.165) is 24.8 Å². The zero-order valence-electron chi connectivity index (χ0n) is 12.6. The Kier molecular flexibility index (Phi) is 5.26. The topological polar surface area (TPSA) is 21.3 Å². The molecule has 1 fully saturated rings. The van der Waals surface area contributed by atoms with E-state index in [4.69, 9.17) is 4.74 Å². The molecule has 2 nitrogen and oxygen atoms in total. The van der Waals surface area contributed by atoms with E-state index in [1.54, 1.807) is 7.11 Å². The van der Waals surface area contributed by atoms with Crippen LogP contribution in [0.2, 0.25) is 0 Å². The molecule has 1 aromatic rings. The molecule has 0 amide bonds. The highest BCUT2D eigenvalue weighted by Gasteiger charge is 2.13. The third-order valence-corrected chi connectivity index (χ3v) is 4.31.